The summed E-state index contributed by atoms with van der Waals surface area (Å²) >= 11 is 0. The minimum absolute atomic E-state index is 0.0121. The number of benzene rings is 1. The summed E-state index contributed by atoms with van der Waals surface area (Å²) in [6, 6.07) is 8.76. The highest BCUT2D eigenvalue weighted by atomic mass is 32.2. The zero-order chi connectivity index (χ0) is 37.3. The van der Waals surface area contributed by atoms with Crippen LogP contribution in [0.3, 0.4) is 0 Å². The first-order valence-corrected chi connectivity index (χ1v) is 19.0. The summed E-state index contributed by atoms with van der Waals surface area (Å²) in [6.07, 6.45) is 19.2. The van der Waals surface area contributed by atoms with E-state index >= 15 is 0 Å². The smallest absolute Gasteiger partial charge is 0.244 e. The zero-order valence-corrected chi connectivity index (χ0v) is 32.7. The highest BCUT2D eigenvalue weighted by Gasteiger charge is 2.24. The molecule has 1 aliphatic rings. The van der Waals surface area contributed by atoms with Crippen LogP contribution < -0.4 is 10.6 Å². The molecule has 11 heteroatoms. The lowest BCUT2D eigenvalue weighted by molar-refractivity contribution is -0.117. The Balaban J connectivity index is 0.000000871. The highest BCUT2D eigenvalue weighted by Crippen LogP contribution is 2.15. The van der Waals surface area contributed by atoms with Crippen LogP contribution in [-0.4, -0.2) is 103 Å². The van der Waals surface area contributed by atoms with E-state index in [1.54, 1.807) is 38.8 Å². The summed E-state index contributed by atoms with van der Waals surface area (Å²) in [5, 5.41) is 16.2. The minimum atomic E-state index is -1.01. The van der Waals surface area contributed by atoms with Gasteiger partial charge in [-0.1, -0.05) is 70.2 Å². The van der Waals surface area contributed by atoms with E-state index in [2.05, 4.69) is 60.7 Å². The third kappa shape index (κ3) is 20.2. The van der Waals surface area contributed by atoms with Gasteiger partial charge in [-0.25, -0.2) is 8.51 Å². The molecule has 0 radical (unpaired) electrons. The van der Waals surface area contributed by atoms with E-state index in [4.69, 9.17) is 9.47 Å². The van der Waals surface area contributed by atoms with Gasteiger partial charge < -0.3 is 30.1 Å². The molecule has 3 unspecified atom stereocenters. The van der Waals surface area contributed by atoms with Gasteiger partial charge in [0.15, 0.2) is 0 Å². The number of aliphatic imine (C=N–C) groups is 1. The molecule has 0 aliphatic carbocycles. The monoisotopic (exact) mass is 713 g/mol. The van der Waals surface area contributed by atoms with Gasteiger partial charge in [0, 0.05) is 51.1 Å². The molecule has 3 atom stereocenters. The van der Waals surface area contributed by atoms with Gasteiger partial charge in [0.2, 0.25) is 5.91 Å². The number of nitrogens with one attached hydrogen (secondary N) is 2. The number of methoxy groups -OCH3 is 2. The molecule has 1 saturated heterocycles. The molecule has 280 valence electrons. The number of aliphatic hydroxyl groups is 1. The van der Waals surface area contributed by atoms with Crippen molar-refractivity contribution < 1.29 is 23.6 Å². The van der Waals surface area contributed by atoms with Gasteiger partial charge in [-0.3, -0.25) is 9.79 Å². The van der Waals surface area contributed by atoms with Crippen LogP contribution >= 0.6 is 0 Å². The molecule has 1 aliphatic heterocycles. The average molecular weight is 714 g/mol. The third-order valence-corrected chi connectivity index (χ3v) is 8.73. The number of rotatable bonds is 19. The number of likely N-dealkylation sites (N-methyl/N-ethyl adjacent to an activating group) is 1. The molecule has 0 bridgehead atoms. The predicted molar refractivity (Wildman–Crippen MR) is 209 cm³/mol. The number of amides is 1. The fourth-order valence-electron chi connectivity index (χ4n) is 4.95. The van der Waals surface area contributed by atoms with Crippen LogP contribution in [0.25, 0.3) is 0 Å². The first kappa shape index (κ1) is 44.5. The topological polar surface area (TPSA) is 116 Å². The average Bonchev–Trinajstić information content (AvgIpc) is 3.56. The molecule has 0 spiro atoms. The van der Waals surface area contributed by atoms with Crippen LogP contribution in [0.1, 0.15) is 58.6 Å². The Morgan fingerprint density at radius 1 is 1.16 bits per heavy atom. The fraction of sp³-hybridized carbons (Fsp3) is 0.538. The summed E-state index contributed by atoms with van der Waals surface area (Å²) in [5.41, 5.74) is 3.03. The van der Waals surface area contributed by atoms with Crippen LogP contribution in [0, 0.1) is 5.92 Å². The van der Waals surface area contributed by atoms with Gasteiger partial charge in [0.1, 0.15) is 11.6 Å². The van der Waals surface area contributed by atoms with Gasteiger partial charge in [-0.05, 0) is 75.1 Å². The maximum atomic E-state index is 12.3. The molecular weight excluding hydrogens is 651 g/mol. The maximum Gasteiger partial charge on any atom is 0.244 e. The van der Waals surface area contributed by atoms with Gasteiger partial charge in [0.05, 0.1) is 43.1 Å². The molecule has 1 aromatic rings. The number of aliphatic hydroxyl groups excluding tert-OH is 1. The van der Waals surface area contributed by atoms with Crippen molar-refractivity contribution in [3.8, 4) is 0 Å². The summed E-state index contributed by atoms with van der Waals surface area (Å²) in [4.78, 5) is 19.0. The normalized spacial score (nSPS) is 17.4. The van der Waals surface area contributed by atoms with Crippen molar-refractivity contribution >= 4 is 22.7 Å². The standard InChI is InChI=1S/C27H45N5O5S.C12H18/c1-7-8-15-28-26(30-23-14-17-32(20-23)38(6)35)12-13-27(34)29-19-24(33)21-31(3)16-10-9-11-25(37-5)18-22(2)36-4;1-4-11-7-5-6-8-12(11)9-10(2)3/h8-13,15,18,23-24,33H,7,14,16-17,19-21H2,1-6H3,(H,28,30)(H,29,34);5-8,10H,4,9H2,1-3H3/b10-9+,13-12+,15-8?,22-18+,25-11+;. The van der Waals surface area contributed by atoms with Crippen LogP contribution in [0.15, 0.2) is 89.5 Å². The van der Waals surface area contributed by atoms with Crippen molar-refractivity contribution in [2.45, 2.75) is 72.4 Å². The van der Waals surface area contributed by atoms with Crippen LogP contribution in [0.2, 0.25) is 0 Å². The second-order valence-corrected chi connectivity index (χ2v) is 13.9. The van der Waals surface area contributed by atoms with E-state index in [1.807, 2.05) is 54.4 Å². The third-order valence-electron chi connectivity index (χ3n) is 7.67. The summed E-state index contributed by atoms with van der Waals surface area (Å²) in [6.45, 7) is 13.1. The molecule has 50 heavy (non-hydrogen) atoms. The SMILES string of the molecule is CCC=CNC(/C=C/C(=O)NCC(O)CN(C)C/C=C/C=C(\C=C(/C)OC)OC)=NC1CCN(S(C)=O)C1.CCc1ccccc1CC(C)C. The predicted octanol–water partition coefficient (Wildman–Crippen LogP) is 5.32. The molecule has 10 nitrogen and oxygen atoms in total. The number of hydrogen-bond acceptors (Lipinski definition) is 7. The number of aryl methyl sites for hydroxylation is 1. The molecule has 2 rings (SSSR count). The van der Waals surface area contributed by atoms with Crippen molar-refractivity contribution in [2.24, 2.45) is 10.9 Å². The van der Waals surface area contributed by atoms with Gasteiger partial charge in [-0.15, -0.1) is 0 Å². The first-order chi connectivity index (χ1) is 23.9. The van der Waals surface area contributed by atoms with Crippen molar-refractivity contribution in [1.82, 2.24) is 19.8 Å². The molecule has 1 amide bonds. The second kappa shape index (κ2) is 26.3. The fourth-order valence-corrected chi connectivity index (χ4v) is 5.69. The maximum absolute atomic E-state index is 12.3. The number of amidine groups is 1. The quantitative estimate of drug-likeness (QED) is 0.0585. The Labute approximate surface area is 304 Å². The number of carbonyl (C=O) groups excluding carboxylic acids is 1. The molecule has 0 aromatic heterocycles. The van der Waals surface area contributed by atoms with Crippen molar-refractivity contribution in [1.29, 1.82) is 0 Å². The van der Waals surface area contributed by atoms with Crippen molar-refractivity contribution in [3.63, 3.8) is 0 Å². The lowest BCUT2D eigenvalue weighted by Gasteiger charge is -2.19. The Morgan fingerprint density at radius 2 is 1.88 bits per heavy atom. The van der Waals surface area contributed by atoms with E-state index < -0.39 is 17.1 Å². The van der Waals surface area contributed by atoms with Gasteiger partial charge in [0.25, 0.3) is 0 Å². The molecule has 1 heterocycles. The molecule has 1 fully saturated rings. The Kier molecular flexibility index (Phi) is 23.4. The number of allylic oxidation sites excluding steroid dienone is 5. The van der Waals surface area contributed by atoms with Gasteiger partial charge >= 0.3 is 0 Å². The van der Waals surface area contributed by atoms with Crippen LogP contribution in [-0.2, 0) is 38.1 Å². The van der Waals surface area contributed by atoms with Gasteiger partial charge in [-0.2, -0.15) is 0 Å². The lowest BCUT2D eigenvalue weighted by Crippen LogP contribution is -2.38. The minimum Gasteiger partial charge on any atom is -0.501 e. The lowest BCUT2D eigenvalue weighted by atomic mass is 9.97. The zero-order valence-electron chi connectivity index (χ0n) is 31.9. The first-order valence-electron chi connectivity index (χ1n) is 17.5. The molecular formula is C39H63N5O5S. The number of ether oxygens (including phenoxy) is 2. The number of hydrogen-bond donors (Lipinski definition) is 3. The van der Waals surface area contributed by atoms with E-state index in [1.165, 1.54) is 23.6 Å². The molecule has 1 aromatic carbocycles. The Morgan fingerprint density at radius 3 is 2.48 bits per heavy atom. The highest BCUT2D eigenvalue weighted by molar-refractivity contribution is 7.81. The Hall–Kier alpha value is -3.51. The molecule has 0 saturated carbocycles. The largest absolute Gasteiger partial charge is 0.501 e. The summed E-state index contributed by atoms with van der Waals surface area (Å²) < 4.78 is 24.0. The van der Waals surface area contributed by atoms with E-state index in [0.29, 0.717) is 31.2 Å². The van der Waals surface area contributed by atoms with Crippen molar-refractivity contribution in [3.05, 3.63) is 95.6 Å². The van der Waals surface area contributed by atoms with E-state index in [9.17, 15) is 14.1 Å². The number of carbonyl (C=O) groups is 1. The second-order valence-electron chi connectivity index (χ2n) is 12.6. The molecule has 3 N–H and O–H groups in total. The summed E-state index contributed by atoms with van der Waals surface area (Å²) in [7, 11) is 4.08. The Bertz CT molecular complexity index is 1340. The van der Waals surface area contributed by atoms with Crippen LogP contribution in [0.5, 0.6) is 0 Å². The van der Waals surface area contributed by atoms with Crippen LogP contribution in [0.4, 0.5) is 0 Å². The van der Waals surface area contributed by atoms with E-state index in [0.717, 1.165) is 37.5 Å². The summed E-state index contributed by atoms with van der Waals surface area (Å²) in [5.74, 6) is 2.42. The van der Waals surface area contributed by atoms with Crippen molar-refractivity contribution in [2.75, 3.05) is 60.2 Å². The van der Waals surface area contributed by atoms with E-state index in [-0.39, 0.29) is 18.5 Å². The number of nitrogens with zero attached hydrogens (tertiary/aromatic N) is 3.